The van der Waals surface area contributed by atoms with Crippen LogP contribution in [-0.4, -0.2) is 57.1 Å². The molecule has 1 aromatic carbocycles. The molecule has 0 spiro atoms. The second kappa shape index (κ2) is 25.3. The summed E-state index contributed by atoms with van der Waals surface area (Å²) in [5.74, 6) is 0.0355. The number of nitrogens with one attached hydrogen (secondary N) is 1. The zero-order valence-electron chi connectivity index (χ0n) is 32.0. The molecular formula is C39H61N6O7P. The van der Waals surface area contributed by atoms with Crippen LogP contribution in [0, 0.1) is 0 Å². The van der Waals surface area contributed by atoms with Gasteiger partial charge in [-0.05, 0) is 69.7 Å². The van der Waals surface area contributed by atoms with Crippen LogP contribution < -0.4 is 20.1 Å². The van der Waals surface area contributed by atoms with Crippen LogP contribution >= 0.6 is 7.52 Å². The summed E-state index contributed by atoms with van der Waals surface area (Å²) in [6.45, 7) is 6.34. The molecule has 53 heavy (non-hydrogen) atoms. The molecule has 0 saturated heterocycles. The quantitative estimate of drug-likeness (QED) is 0.0227. The molecule has 294 valence electrons. The van der Waals surface area contributed by atoms with Crippen molar-refractivity contribution in [3.05, 3.63) is 49.1 Å². The lowest BCUT2D eigenvalue weighted by Gasteiger charge is -2.22. The SMILES string of the molecule is CCCCCCCC/C=C\CCCCCCCC(=O)Oc1ccc(OP(=O)(CO[C@H](C)Cn2cnc3c(N)ncnc32)NCC(=O)OCCCC)cc1. The number of unbranched alkanes of at least 4 members (excludes halogenated alkanes) is 12. The highest BCUT2D eigenvalue weighted by Gasteiger charge is 2.28. The van der Waals surface area contributed by atoms with Gasteiger partial charge in [-0.25, -0.2) is 20.0 Å². The van der Waals surface area contributed by atoms with Gasteiger partial charge in [0, 0.05) is 6.42 Å². The molecule has 2 aromatic heterocycles. The predicted molar refractivity (Wildman–Crippen MR) is 209 cm³/mol. The van der Waals surface area contributed by atoms with Gasteiger partial charge in [0.05, 0.1) is 25.6 Å². The topological polar surface area (TPSA) is 170 Å². The lowest BCUT2D eigenvalue weighted by atomic mass is 10.1. The monoisotopic (exact) mass is 756 g/mol. The highest BCUT2D eigenvalue weighted by Crippen LogP contribution is 2.43. The summed E-state index contributed by atoms with van der Waals surface area (Å²) in [7, 11) is -3.77. The molecule has 0 aliphatic carbocycles. The number of nitrogens with zero attached hydrogens (tertiary/aromatic N) is 4. The molecule has 14 heteroatoms. The first-order valence-corrected chi connectivity index (χ1v) is 21.2. The van der Waals surface area contributed by atoms with Gasteiger partial charge < -0.3 is 29.0 Å². The molecule has 0 fully saturated rings. The summed E-state index contributed by atoms with van der Waals surface area (Å²) in [5.41, 5.74) is 6.93. The van der Waals surface area contributed by atoms with E-state index in [1.165, 1.54) is 57.7 Å². The molecule has 3 aromatic rings. The summed E-state index contributed by atoms with van der Waals surface area (Å²) >= 11 is 0. The maximum atomic E-state index is 14.0. The van der Waals surface area contributed by atoms with Gasteiger partial charge in [0.25, 0.3) is 0 Å². The minimum Gasteiger partial charge on any atom is -0.465 e. The number of nitrogen functional groups attached to an aromatic ring is 1. The number of imidazole rings is 1. The van der Waals surface area contributed by atoms with E-state index in [1.807, 2.05) is 6.92 Å². The molecule has 0 saturated carbocycles. The summed E-state index contributed by atoms with van der Waals surface area (Å²) in [6.07, 6.45) is 24.3. The standard InChI is InChI=1S/C39H61N6O7P/c1-4-6-8-9-10-11-12-13-14-15-16-17-18-19-20-21-35(46)51-33-22-24-34(25-23-33)52-53(48,44-27-36(47)49-26-7-5-2)31-50-32(3)28-45-30-43-37-38(40)41-29-42-39(37)45/h13-14,22-25,29-30,32H,4-12,15-21,26-28,31H2,1-3H3,(H,44,48)(H2,40,41,42)/b14-13-/t32-,53?/m1/s1. The Kier molecular flexibility index (Phi) is 20.8. The van der Waals surface area contributed by atoms with Crippen LogP contribution in [0.25, 0.3) is 11.2 Å². The first kappa shape index (κ1) is 43.6. The molecule has 0 amide bonds. The molecule has 2 atom stereocenters. The minimum absolute atomic E-state index is 0.251. The van der Waals surface area contributed by atoms with Gasteiger partial charge in [0.1, 0.15) is 36.2 Å². The Morgan fingerprint density at radius 3 is 2.19 bits per heavy atom. The van der Waals surface area contributed by atoms with Gasteiger partial charge in [-0.15, -0.1) is 0 Å². The first-order chi connectivity index (χ1) is 25.7. The highest BCUT2D eigenvalue weighted by atomic mass is 31.2. The van der Waals surface area contributed by atoms with E-state index in [4.69, 9.17) is 24.5 Å². The van der Waals surface area contributed by atoms with Crippen LogP contribution in [0.1, 0.15) is 124 Å². The third-order valence-electron chi connectivity index (χ3n) is 8.59. The van der Waals surface area contributed by atoms with Crippen molar-refractivity contribution in [3.63, 3.8) is 0 Å². The normalized spacial score (nSPS) is 13.3. The van der Waals surface area contributed by atoms with Crippen molar-refractivity contribution >= 4 is 36.4 Å². The van der Waals surface area contributed by atoms with Crippen LogP contribution in [0.3, 0.4) is 0 Å². The number of ether oxygens (including phenoxy) is 3. The van der Waals surface area contributed by atoms with Crippen molar-refractivity contribution < 1.29 is 32.9 Å². The Morgan fingerprint density at radius 2 is 1.49 bits per heavy atom. The third-order valence-corrected chi connectivity index (χ3v) is 10.2. The number of benzene rings is 1. The van der Waals surface area contributed by atoms with E-state index in [0.29, 0.717) is 29.9 Å². The van der Waals surface area contributed by atoms with E-state index < -0.39 is 19.6 Å². The van der Waals surface area contributed by atoms with Crippen molar-refractivity contribution in [3.8, 4) is 11.5 Å². The van der Waals surface area contributed by atoms with Crippen molar-refractivity contribution in [1.29, 1.82) is 0 Å². The van der Waals surface area contributed by atoms with Gasteiger partial charge in [-0.3, -0.25) is 14.2 Å². The smallest absolute Gasteiger partial charge is 0.342 e. The lowest BCUT2D eigenvalue weighted by molar-refractivity contribution is -0.142. The molecule has 0 radical (unpaired) electrons. The number of rotatable bonds is 29. The lowest BCUT2D eigenvalue weighted by Crippen LogP contribution is -2.28. The fourth-order valence-electron chi connectivity index (χ4n) is 5.52. The van der Waals surface area contributed by atoms with Crippen LogP contribution in [0.15, 0.2) is 49.1 Å². The molecule has 2 heterocycles. The number of hydrogen-bond acceptors (Lipinski definition) is 11. The van der Waals surface area contributed by atoms with Crippen molar-refractivity contribution in [2.24, 2.45) is 0 Å². The zero-order valence-corrected chi connectivity index (χ0v) is 32.9. The van der Waals surface area contributed by atoms with Gasteiger partial charge >= 0.3 is 19.5 Å². The Labute approximate surface area is 315 Å². The Morgan fingerprint density at radius 1 is 0.849 bits per heavy atom. The number of carbonyl (C=O) groups excluding carboxylic acids is 2. The molecular weight excluding hydrogens is 695 g/mol. The average Bonchev–Trinajstić information content (AvgIpc) is 3.56. The fraction of sp³-hybridized carbons (Fsp3) is 0.615. The minimum atomic E-state index is -3.77. The largest absolute Gasteiger partial charge is 0.465 e. The summed E-state index contributed by atoms with van der Waals surface area (Å²) in [5, 5.41) is 2.72. The fourth-order valence-corrected chi connectivity index (χ4v) is 7.01. The Balaban J connectivity index is 1.41. The van der Waals surface area contributed by atoms with E-state index in [1.54, 1.807) is 42.1 Å². The zero-order chi connectivity index (χ0) is 38.2. The number of anilines is 1. The summed E-state index contributed by atoms with van der Waals surface area (Å²) in [6, 6.07) is 6.28. The molecule has 3 rings (SSSR count). The number of aromatic nitrogens is 4. The number of esters is 2. The molecule has 13 nitrogen and oxygen atoms in total. The van der Waals surface area contributed by atoms with E-state index in [-0.39, 0.29) is 37.0 Å². The first-order valence-electron chi connectivity index (χ1n) is 19.4. The van der Waals surface area contributed by atoms with E-state index in [9.17, 15) is 14.2 Å². The van der Waals surface area contributed by atoms with Crippen LogP contribution in [0.2, 0.25) is 0 Å². The molecule has 0 aliphatic rings. The summed E-state index contributed by atoms with van der Waals surface area (Å²) in [4.78, 5) is 37.2. The van der Waals surface area contributed by atoms with E-state index >= 15 is 0 Å². The molecule has 0 bridgehead atoms. The number of nitrogens with two attached hydrogens (primary N) is 1. The van der Waals surface area contributed by atoms with E-state index in [0.717, 1.165) is 44.9 Å². The van der Waals surface area contributed by atoms with Gasteiger partial charge in [0.2, 0.25) is 0 Å². The van der Waals surface area contributed by atoms with Crippen molar-refractivity contribution in [2.45, 2.75) is 136 Å². The number of hydrogen-bond donors (Lipinski definition) is 2. The highest BCUT2D eigenvalue weighted by molar-refractivity contribution is 7.57. The maximum Gasteiger partial charge on any atom is 0.342 e. The molecule has 3 N–H and O–H groups in total. The number of fused-ring (bicyclic) bond motifs is 1. The number of carbonyl (C=O) groups is 2. The van der Waals surface area contributed by atoms with Crippen LogP contribution in [-0.2, 0) is 30.2 Å². The summed E-state index contributed by atoms with van der Waals surface area (Å²) < 4.78 is 38.3. The second-order valence-corrected chi connectivity index (χ2v) is 15.5. The van der Waals surface area contributed by atoms with Crippen molar-refractivity contribution in [2.75, 3.05) is 25.2 Å². The molecule has 1 unspecified atom stereocenters. The average molecular weight is 757 g/mol. The second-order valence-electron chi connectivity index (χ2n) is 13.4. The van der Waals surface area contributed by atoms with E-state index in [2.05, 4.69) is 39.1 Å². The van der Waals surface area contributed by atoms with Crippen LogP contribution in [0.5, 0.6) is 11.5 Å². The van der Waals surface area contributed by atoms with Gasteiger partial charge in [-0.2, -0.15) is 0 Å². The maximum absolute atomic E-state index is 14.0. The Bertz CT molecular complexity index is 1570. The van der Waals surface area contributed by atoms with Crippen LogP contribution in [0.4, 0.5) is 5.82 Å². The van der Waals surface area contributed by atoms with Gasteiger partial charge in [-0.1, -0.05) is 83.8 Å². The number of allylic oxidation sites excluding steroid dienone is 2. The predicted octanol–water partition coefficient (Wildman–Crippen LogP) is 8.92. The Hall–Kier alpha value is -3.80. The van der Waals surface area contributed by atoms with Crippen molar-refractivity contribution in [1.82, 2.24) is 24.6 Å². The van der Waals surface area contributed by atoms with Gasteiger partial charge in [0.15, 0.2) is 11.5 Å². The third kappa shape index (κ3) is 17.7. The molecule has 0 aliphatic heterocycles.